The number of hydrogen-bond acceptors (Lipinski definition) is 5. The Morgan fingerprint density at radius 2 is 1.61 bits per heavy atom. The number of methoxy groups -OCH3 is 1. The third-order valence-electron chi connectivity index (χ3n) is 13.2. The van der Waals surface area contributed by atoms with E-state index in [9.17, 15) is 14.7 Å². The van der Waals surface area contributed by atoms with Gasteiger partial charge in [-0.1, -0.05) is 60.1 Å². The summed E-state index contributed by atoms with van der Waals surface area (Å²) in [7, 11) is 1.55. The van der Waals surface area contributed by atoms with Crippen LogP contribution >= 0.6 is 0 Å². The van der Waals surface area contributed by atoms with Gasteiger partial charge in [-0.25, -0.2) is 0 Å². The van der Waals surface area contributed by atoms with Gasteiger partial charge in [-0.15, -0.1) is 0 Å². The number of ether oxygens (including phenoxy) is 2. The largest absolute Gasteiger partial charge is 0.468 e. The molecule has 0 bridgehead atoms. The van der Waals surface area contributed by atoms with Gasteiger partial charge in [-0.05, 0) is 97.2 Å². The number of aliphatic hydroxyl groups is 1. The quantitative estimate of drug-likeness (QED) is 0.313. The van der Waals surface area contributed by atoms with Gasteiger partial charge in [-0.3, -0.25) is 9.59 Å². The van der Waals surface area contributed by atoms with Crippen molar-refractivity contribution in [3.63, 3.8) is 0 Å². The maximum Gasteiger partial charge on any atom is 0.316 e. The maximum absolute atomic E-state index is 14.2. The van der Waals surface area contributed by atoms with Gasteiger partial charge >= 0.3 is 11.9 Å². The summed E-state index contributed by atoms with van der Waals surface area (Å²) >= 11 is 0. The van der Waals surface area contributed by atoms with E-state index in [-0.39, 0.29) is 51.5 Å². The predicted molar refractivity (Wildman–Crippen MR) is 148 cm³/mol. The van der Waals surface area contributed by atoms with Crippen LogP contribution in [0.5, 0.6) is 0 Å². The molecule has 214 valence electrons. The van der Waals surface area contributed by atoms with Crippen LogP contribution in [0, 0.1) is 50.2 Å². The van der Waals surface area contributed by atoms with Crippen molar-refractivity contribution in [2.24, 2.45) is 50.2 Å². The molecule has 4 saturated carbocycles. The van der Waals surface area contributed by atoms with Crippen molar-refractivity contribution in [3.8, 4) is 0 Å². The molecular formula is C33H52O5. The summed E-state index contributed by atoms with van der Waals surface area (Å²) in [6, 6.07) is 0. The van der Waals surface area contributed by atoms with Crippen molar-refractivity contribution in [3.05, 3.63) is 11.6 Å². The second kappa shape index (κ2) is 8.57. The van der Waals surface area contributed by atoms with E-state index < -0.39 is 16.9 Å². The van der Waals surface area contributed by atoms with Gasteiger partial charge in [-0.2, -0.15) is 0 Å². The van der Waals surface area contributed by atoms with Crippen LogP contribution in [0.15, 0.2) is 11.6 Å². The van der Waals surface area contributed by atoms with E-state index in [1.165, 1.54) is 25.3 Å². The maximum atomic E-state index is 14.2. The van der Waals surface area contributed by atoms with E-state index in [4.69, 9.17) is 9.47 Å². The molecule has 0 unspecified atom stereocenters. The van der Waals surface area contributed by atoms with Gasteiger partial charge in [0.15, 0.2) is 0 Å². The molecule has 0 spiro atoms. The van der Waals surface area contributed by atoms with Crippen LogP contribution in [0.1, 0.15) is 113 Å². The molecule has 0 saturated heterocycles. The lowest BCUT2D eigenvalue weighted by Crippen LogP contribution is -2.70. The molecular weight excluding hydrogens is 476 g/mol. The van der Waals surface area contributed by atoms with Crippen LogP contribution in [-0.2, 0) is 19.1 Å². The van der Waals surface area contributed by atoms with Crippen LogP contribution in [0.2, 0.25) is 0 Å². The van der Waals surface area contributed by atoms with Gasteiger partial charge in [0.05, 0.1) is 18.6 Å². The summed E-state index contributed by atoms with van der Waals surface area (Å²) in [4.78, 5) is 26.1. The second-order valence-corrected chi connectivity index (χ2v) is 16.1. The minimum Gasteiger partial charge on any atom is -0.468 e. The highest BCUT2D eigenvalue weighted by atomic mass is 16.5. The SMILES string of the molecule is COC(=O)[C@@]12CC[C@@]3(C)CCC(C)(C)C[C@H]3C1=CC[C@@H]1[C@@]3(C)CC[C@H](OC(C)=O)C(C)(C)[C@@H]3[C@H](O)C[C@]12C. The molecule has 5 heteroatoms. The zero-order chi connectivity index (χ0) is 28.1. The summed E-state index contributed by atoms with van der Waals surface area (Å²) in [6.45, 7) is 17.7. The lowest BCUT2D eigenvalue weighted by Gasteiger charge is -2.71. The number of allylic oxidation sites excluding steroid dienone is 1. The summed E-state index contributed by atoms with van der Waals surface area (Å²) in [6.07, 6.45) is 10.2. The molecule has 0 aromatic rings. The third-order valence-corrected chi connectivity index (χ3v) is 13.2. The fraction of sp³-hybridized carbons (Fsp3) is 0.879. The first kappa shape index (κ1) is 28.2. The molecule has 0 heterocycles. The molecule has 4 fully saturated rings. The van der Waals surface area contributed by atoms with Gasteiger partial charge in [0, 0.05) is 12.3 Å². The minimum absolute atomic E-state index is 0.0155. The molecule has 5 rings (SSSR count). The molecule has 5 aliphatic rings. The first-order valence-electron chi connectivity index (χ1n) is 15.1. The van der Waals surface area contributed by atoms with Crippen molar-refractivity contribution in [1.82, 2.24) is 0 Å². The normalized spacial score (nSPS) is 48.8. The van der Waals surface area contributed by atoms with E-state index in [1.54, 1.807) is 7.11 Å². The summed E-state index contributed by atoms with van der Waals surface area (Å²) in [5, 5.41) is 12.1. The Bertz CT molecular complexity index is 1040. The Balaban J connectivity index is 1.64. The molecule has 1 N–H and O–H groups in total. The Morgan fingerprint density at radius 1 is 0.947 bits per heavy atom. The molecule has 5 aliphatic carbocycles. The van der Waals surface area contributed by atoms with Gasteiger partial charge in [0.25, 0.3) is 0 Å². The highest BCUT2D eigenvalue weighted by molar-refractivity contribution is 5.83. The van der Waals surface area contributed by atoms with Gasteiger partial charge in [0.2, 0.25) is 0 Å². The number of carbonyl (C=O) groups excluding carboxylic acids is 2. The molecule has 5 nitrogen and oxygen atoms in total. The standard InChI is InChI=1S/C33H52O5/c1-20(34)38-25-12-13-31(7)24-11-10-21-22-18-28(2,3)14-15-30(22,6)16-17-33(21,27(36)37-9)32(24,8)19-23(35)26(31)29(25,4)5/h10,22-26,35H,11-19H2,1-9H3/t22-,23+,24+,25-,26-,30+,31+,32+,33+/m0/s1. The van der Waals surface area contributed by atoms with Gasteiger partial charge in [0.1, 0.15) is 6.10 Å². The van der Waals surface area contributed by atoms with E-state index in [2.05, 4.69) is 54.5 Å². The number of fused-ring (bicyclic) bond motifs is 7. The number of carbonyl (C=O) groups is 2. The monoisotopic (exact) mass is 528 g/mol. The first-order chi connectivity index (χ1) is 17.5. The Morgan fingerprint density at radius 3 is 2.24 bits per heavy atom. The van der Waals surface area contributed by atoms with Crippen LogP contribution < -0.4 is 0 Å². The minimum atomic E-state index is -0.700. The van der Waals surface area contributed by atoms with Crippen molar-refractivity contribution in [2.45, 2.75) is 125 Å². The number of esters is 2. The Kier molecular flexibility index (Phi) is 6.36. The summed E-state index contributed by atoms with van der Waals surface area (Å²) < 4.78 is 11.5. The average molecular weight is 529 g/mol. The number of hydrogen-bond donors (Lipinski definition) is 1. The van der Waals surface area contributed by atoms with Crippen molar-refractivity contribution >= 4 is 11.9 Å². The topological polar surface area (TPSA) is 72.8 Å². The van der Waals surface area contributed by atoms with E-state index >= 15 is 0 Å². The Labute approximate surface area is 230 Å². The molecule has 0 aromatic heterocycles. The number of aliphatic hydroxyl groups excluding tert-OH is 1. The predicted octanol–water partition coefficient (Wildman–Crippen LogP) is 6.86. The molecule has 0 aromatic carbocycles. The molecule has 9 atom stereocenters. The smallest absolute Gasteiger partial charge is 0.316 e. The highest BCUT2D eigenvalue weighted by Crippen LogP contribution is 2.76. The zero-order valence-corrected chi connectivity index (χ0v) is 25.4. The zero-order valence-electron chi connectivity index (χ0n) is 25.4. The second-order valence-electron chi connectivity index (χ2n) is 16.1. The van der Waals surface area contributed by atoms with Crippen LogP contribution in [-0.4, -0.2) is 36.4 Å². The van der Waals surface area contributed by atoms with Crippen LogP contribution in [0.4, 0.5) is 0 Å². The van der Waals surface area contributed by atoms with Crippen molar-refractivity contribution in [2.75, 3.05) is 7.11 Å². The fourth-order valence-corrected chi connectivity index (χ4v) is 11.4. The van der Waals surface area contributed by atoms with Gasteiger partial charge < -0.3 is 14.6 Å². The van der Waals surface area contributed by atoms with Crippen molar-refractivity contribution in [1.29, 1.82) is 0 Å². The van der Waals surface area contributed by atoms with E-state index in [1.807, 2.05) is 0 Å². The molecule has 0 amide bonds. The lowest BCUT2D eigenvalue weighted by molar-refractivity contribution is -0.249. The third kappa shape index (κ3) is 3.58. The summed E-state index contributed by atoms with van der Waals surface area (Å²) in [5.41, 5.74) is 0.154. The van der Waals surface area contributed by atoms with E-state index in [0.717, 1.165) is 38.5 Å². The van der Waals surface area contributed by atoms with Crippen LogP contribution in [0.25, 0.3) is 0 Å². The first-order valence-corrected chi connectivity index (χ1v) is 15.1. The lowest BCUT2D eigenvalue weighted by atomic mass is 9.33. The molecule has 38 heavy (non-hydrogen) atoms. The molecule has 0 aliphatic heterocycles. The highest BCUT2D eigenvalue weighted by Gasteiger charge is 2.73. The van der Waals surface area contributed by atoms with Crippen LogP contribution in [0.3, 0.4) is 0 Å². The number of rotatable bonds is 2. The van der Waals surface area contributed by atoms with E-state index in [0.29, 0.717) is 12.3 Å². The molecule has 0 radical (unpaired) electrons. The fourth-order valence-electron chi connectivity index (χ4n) is 11.4. The Hall–Kier alpha value is -1.36. The van der Waals surface area contributed by atoms with Crippen molar-refractivity contribution < 1.29 is 24.2 Å². The average Bonchev–Trinajstić information content (AvgIpc) is 2.80. The summed E-state index contributed by atoms with van der Waals surface area (Å²) in [5.74, 6) is 0.250.